The lowest BCUT2D eigenvalue weighted by Crippen LogP contribution is -2.52. The van der Waals surface area contributed by atoms with Crippen LogP contribution in [0.4, 0.5) is 0 Å². The van der Waals surface area contributed by atoms with Crippen molar-refractivity contribution in [2.75, 3.05) is 20.2 Å². The first-order chi connectivity index (χ1) is 10.4. The average molecular weight is 324 g/mol. The van der Waals surface area contributed by atoms with E-state index in [0.717, 1.165) is 0 Å². The topological polar surface area (TPSA) is 75.7 Å². The Morgan fingerprint density at radius 1 is 1.32 bits per heavy atom. The first-order valence-corrected chi connectivity index (χ1v) is 8.82. The lowest BCUT2D eigenvalue weighted by molar-refractivity contribution is -0.126. The molecule has 1 unspecified atom stereocenters. The summed E-state index contributed by atoms with van der Waals surface area (Å²) in [5, 5.41) is 2.77. The molecular formula is C15H20N2O4S. The van der Waals surface area contributed by atoms with E-state index >= 15 is 0 Å². The van der Waals surface area contributed by atoms with Gasteiger partial charge >= 0.3 is 0 Å². The van der Waals surface area contributed by atoms with E-state index in [9.17, 15) is 13.2 Å². The second-order valence-electron chi connectivity index (χ2n) is 5.85. The van der Waals surface area contributed by atoms with Crippen LogP contribution in [0.2, 0.25) is 0 Å². The van der Waals surface area contributed by atoms with E-state index in [1.54, 1.807) is 32.2 Å². The number of sulfonamides is 1. The molecular weight excluding hydrogens is 304 g/mol. The summed E-state index contributed by atoms with van der Waals surface area (Å²) in [6.45, 7) is 2.67. The normalized spacial score (nSPS) is 25.6. The summed E-state index contributed by atoms with van der Waals surface area (Å²) in [5.74, 6) is 0.450. The number of benzene rings is 1. The van der Waals surface area contributed by atoms with Gasteiger partial charge in [0, 0.05) is 13.1 Å². The average Bonchev–Trinajstić information content (AvgIpc) is 3.07. The molecule has 0 aromatic heterocycles. The van der Waals surface area contributed by atoms with Gasteiger partial charge in [-0.25, -0.2) is 8.42 Å². The van der Waals surface area contributed by atoms with Crippen LogP contribution < -0.4 is 10.1 Å². The van der Waals surface area contributed by atoms with Gasteiger partial charge in [0.1, 0.15) is 11.3 Å². The zero-order valence-corrected chi connectivity index (χ0v) is 13.6. The van der Waals surface area contributed by atoms with Crippen molar-refractivity contribution >= 4 is 15.9 Å². The van der Waals surface area contributed by atoms with Gasteiger partial charge in [0.15, 0.2) is 0 Å². The number of methoxy groups -OCH3 is 1. The Labute approximate surface area is 130 Å². The number of aryl methyl sites for hydroxylation is 1. The van der Waals surface area contributed by atoms with Crippen LogP contribution in [0, 0.1) is 6.92 Å². The standard InChI is InChI=1S/C15H20N2O4S/c1-11-10-12(21-2)4-5-13(11)22(19,20)17-9-3-6-15(17)7-8-16-14(15)18/h4-5,10H,3,6-9H2,1-2H3,(H,16,18). The smallest absolute Gasteiger partial charge is 0.244 e. The molecule has 7 heteroatoms. The number of rotatable bonds is 3. The van der Waals surface area contributed by atoms with Gasteiger partial charge in [-0.3, -0.25) is 4.79 Å². The number of carbonyl (C=O) groups is 1. The van der Waals surface area contributed by atoms with Gasteiger partial charge in [-0.1, -0.05) is 0 Å². The quantitative estimate of drug-likeness (QED) is 0.901. The van der Waals surface area contributed by atoms with Crippen LogP contribution in [-0.4, -0.2) is 44.4 Å². The summed E-state index contributed by atoms with van der Waals surface area (Å²) >= 11 is 0. The molecule has 22 heavy (non-hydrogen) atoms. The van der Waals surface area contributed by atoms with E-state index in [1.807, 2.05) is 0 Å². The summed E-state index contributed by atoms with van der Waals surface area (Å²) < 4.78 is 32.7. The Kier molecular flexibility index (Phi) is 3.65. The fourth-order valence-electron chi connectivity index (χ4n) is 3.50. The van der Waals surface area contributed by atoms with E-state index < -0.39 is 15.6 Å². The molecule has 6 nitrogen and oxygen atoms in total. The minimum absolute atomic E-state index is 0.167. The molecule has 0 saturated carbocycles. The van der Waals surface area contributed by atoms with Crippen LogP contribution in [0.5, 0.6) is 5.75 Å². The summed E-state index contributed by atoms with van der Waals surface area (Å²) in [5.41, 5.74) is -0.273. The predicted molar refractivity (Wildman–Crippen MR) is 81.2 cm³/mol. The first kappa shape index (κ1) is 15.3. The molecule has 1 amide bonds. The molecule has 2 aliphatic heterocycles. The lowest BCUT2D eigenvalue weighted by atomic mass is 9.96. The van der Waals surface area contributed by atoms with E-state index in [2.05, 4.69) is 5.32 Å². The number of ether oxygens (including phenoxy) is 1. The Hall–Kier alpha value is -1.60. The second-order valence-corrected chi connectivity index (χ2v) is 7.68. The predicted octanol–water partition coefficient (Wildman–Crippen LogP) is 1.05. The number of nitrogens with one attached hydrogen (secondary N) is 1. The summed E-state index contributed by atoms with van der Waals surface area (Å²) in [6, 6.07) is 4.89. The van der Waals surface area contributed by atoms with Gasteiger partial charge in [-0.05, 0) is 49.9 Å². The molecule has 2 fully saturated rings. The van der Waals surface area contributed by atoms with Crippen molar-refractivity contribution in [3.05, 3.63) is 23.8 Å². The lowest BCUT2D eigenvalue weighted by Gasteiger charge is -2.31. The monoisotopic (exact) mass is 324 g/mol. The Morgan fingerprint density at radius 2 is 2.09 bits per heavy atom. The maximum absolute atomic E-state index is 13.1. The largest absolute Gasteiger partial charge is 0.497 e. The fourth-order valence-corrected chi connectivity index (χ4v) is 5.54. The zero-order chi connectivity index (χ0) is 16.0. The van der Waals surface area contributed by atoms with Crippen molar-refractivity contribution in [1.82, 2.24) is 9.62 Å². The van der Waals surface area contributed by atoms with Gasteiger partial charge in [-0.2, -0.15) is 4.31 Å². The van der Waals surface area contributed by atoms with Gasteiger partial charge in [0.05, 0.1) is 12.0 Å². The van der Waals surface area contributed by atoms with Crippen LogP contribution in [0.25, 0.3) is 0 Å². The number of carbonyl (C=O) groups excluding carboxylic acids is 1. The number of hydrogen-bond donors (Lipinski definition) is 1. The van der Waals surface area contributed by atoms with Crippen LogP contribution >= 0.6 is 0 Å². The number of amides is 1. The maximum Gasteiger partial charge on any atom is 0.244 e. The molecule has 1 N–H and O–H groups in total. The van der Waals surface area contributed by atoms with Crippen LogP contribution in [0.1, 0.15) is 24.8 Å². The summed E-state index contributed by atoms with van der Waals surface area (Å²) in [4.78, 5) is 12.5. The molecule has 0 bridgehead atoms. The Balaban J connectivity index is 2.05. The second kappa shape index (κ2) is 5.24. The highest BCUT2D eigenvalue weighted by Crippen LogP contribution is 2.40. The molecule has 1 aromatic rings. The van der Waals surface area contributed by atoms with Crippen molar-refractivity contribution in [3.8, 4) is 5.75 Å². The molecule has 2 saturated heterocycles. The molecule has 3 rings (SSSR count). The van der Waals surface area contributed by atoms with Crippen LogP contribution in [0.15, 0.2) is 23.1 Å². The van der Waals surface area contributed by atoms with E-state index in [-0.39, 0.29) is 10.8 Å². The van der Waals surface area contributed by atoms with Crippen LogP contribution in [-0.2, 0) is 14.8 Å². The third-order valence-corrected chi connectivity index (χ3v) is 6.75. The molecule has 0 aliphatic carbocycles. The fraction of sp³-hybridized carbons (Fsp3) is 0.533. The van der Waals surface area contributed by atoms with Crippen LogP contribution in [0.3, 0.4) is 0 Å². The molecule has 1 spiro atoms. The third-order valence-electron chi connectivity index (χ3n) is 4.63. The third kappa shape index (κ3) is 2.11. The first-order valence-electron chi connectivity index (χ1n) is 7.38. The zero-order valence-electron chi connectivity index (χ0n) is 12.8. The SMILES string of the molecule is COc1ccc(S(=O)(=O)N2CCCC23CCNC3=O)c(C)c1. The highest BCUT2D eigenvalue weighted by Gasteiger charge is 2.55. The maximum atomic E-state index is 13.1. The van der Waals surface area contributed by atoms with E-state index in [1.165, 1.54) is 4.31 Å². The highest BCUT2D eigenvalue weighted by atomic mass is 32.2. The van der Waals surface area contributed by atoms with Gasteiger partial charge in [0.25, 0.3) is 0 Å². The Bertz CT molecular complexity index is 712. The van der Waals surface area contributed by atoms with Crippen molar-refractivity contribution in [2.45, 2.75) is 36.6 Å². The van der Waals surface area contributed by atoms with Crippen molar-refractivity contribution < 1.29 is 17.9 Å². The van der Waals surface area contributed by atoms with Crippen molar-refractivity contribution in [3.63, 3.8) is 0 Å². The van der Waals surface area contributed by atoms with E-state index in [0.29, 0.717) is 43.7 Å². The molecule has 1 aromatic carbocycles. The summed E-state index contributed by atoms with van der Waals surface area (Å²) in [7, 11) is -2.16. The summed E-state index contributed by atoms with van der Waals surface area (Å²) in [6.07, 6.45) is 1.84. The minimum atomic E-state index is -3.70. The van der Waals surface area contributed by atoms with Crippen molar-refractivity contribution in [1.29, 1.82) is 0 Å². The molecule has 120 valence electrons. The number of nitrogens with zero attached hydrogens (tertiary/aromatic N) is 1. The minimum Gasteiger partial charge on any atom is -0.497 e. The van der Waals surface area contributed by atoms with Gasteiger partial charge in [-0.15, -0.1) is 0 Å². The molecule has 0 radical (unpaired) electrons. The molecule has 2 heterocycles. The van der Waals surface area contributed by atoms with Gasteiger partial charge in [0.2, 0.25) is 15.9 Å². The molecule has 2 aliphatic rings. The van der Waals surface area contributed by atoms with E-state index in [4.69, 9.17) is 4.74 Å². The molecule has 1 atom stereocenters. The number of hydrogen-bond acceptors (Lipinski definition) is 4. The highest BCUT2D eigenvalue weighted by molar-refractivity contribution is 7.89. The van der Waals surface area contributed by atoms with Gasteiger partial charge < -0.3 is 10.1 Å². The Morgan fingerprint density at radius 3 is 2.68 bits per heavy atom. The van der Waals surface area contributed by atoms with Crippen molar-refractivity contribution in [2.24, 2.45) is 0 Å².